The van der Waals surface area contributed by atoms with Crippen LogP contribution in [0, 0.1) is 5.41 Å². The van der Waals surface area contributed by atoms with Gasteiger partial charge in [-0.2, -0.15) is 4.31 Å². The van der Waals surface area contributed by atoms with E-state index in [1.807, 2.05) is 0 Å². The molecule has 0 bridgehead atoms. The Morgan fingerprint density at radius 1 is 1.44 bits per heavy atom. The van der Waals surface area contributed by atoms with Crippen LogP contribution >= 0.6 is 35.3 Å². The van der Waals surface area contributed by atoms with Crippen molar-refractivity contribution < 1.29 is 8.42 Å². The number of thiophene rings is 1. The Morgan fingerprint density at radius 3 is 2.72 bits per heavy atom. The number of halogens is 1. The van der Waals surface area contributed by atoms with Gasteiger partial charge in [0.1, 0.15) is 4.21 Å². The van der Waals surface area contributed by atoms with E-state index in [1.54, 1.807) is 31.6 Å². The van der Waals surface area contributed by atoms with E-state index in [1.165, 1.54) is 41.3 Å². The molecule has 2 aliphatic rings. The first-order chi connectivity index (χ1) is 11.5. The van der Waals surface area contributed by atoms with Crippen LogP contribution in [0.15, 0.2) is 26.7 Å². The summed E-state index contributed by atoms with van der Waals surface area (Å²) in [7, 11) is 0.0412. The molecule has 1 aliphatic heterocycles. The van der Waals surface area contributed by atoms with E-state index in [-0.39, 0.29) is 24.0 Å². The molecule has 142 valence electrons. The van der Waals surface area contributed by atoms with Crippen molar-refractivity contribution in [1.82, 2.24) is 14.5 Å². The maximum Gasteiger partial charge on any atom is 0.252 e. The highest BCUT2D eigenvalue weighted by atomic mass is 127. The number of hydrogen-bond acceptors (Lipinski definition) is 4. The van der Waals surface area contributed by atoms with Crippen LogP contribution in [-0.2, 0) is 10.0 Å². The van der Waals surface area contributed by atoms with Gasteiger partial charge in [0.25, 0.3) is 10.0 Å². The number of likely N-dealkylation sites (tertiary alicyclic amines) is 1. The molecule has 1 saturated carbocycles. The Kier molecular flexibility index (Phi) is 7.14. The predicted molar refractivity (Wildman–Crippen MR) is 113 cm³/mol. The fourth-order valence-electron chi connectivity index (χ4n) is 3.54. The Labute approximate surface area is 171 Å². The highest BCUT2D eigenvalue weighted by Crippen LogP contribution is 2.47. The second-order valence-corrected chi connectivity index (χ2v) is 9.98. The quantitative estimate of drug-likeness (QED) is 0.385. The maximum absolute atomic E-state index is 12.4. The second-order valence-electron chi connectivity index (χ2n) is 6.76. The number of sulfonamides is 1. The Hall–Kier alpha value is -0.390. The number of nitrogens with zero attached hydrogens (tertiary/aromatic N) is 3. The summed E-state index contributed by atoms with van der Waals surface area (Å²) >= 11 is 1.25. The van der Waals surface area contributed by atoms with Gasteiger partial charge in [-0.05, 0) is 36.1 Å². The summed E-state index contributed by atoms with van der Waals surface area (Å²) in [5.74, 6) is 0.890. The minimum atomic E-state index is -3.37. The van der Waals surface area contributed by atoms with Gasteiger partial charge in [0, 0.05) is 40.3 Å². The molecular formula is C16H27IN4O2S2. The summed E-state index contributed by atoms with van der Waals surface area (Å²) in [4.78, 5) is 6.68. The summed E-state index contributed by atoms with van der Waals surface area (Å²) < 4.78 is 26.6. The van der Waals surface area contributed by atoms with Crippen LogP contribution in [0.2, 0.25) is 0 Å². The van der Waals surface area contributed by atoms with Gasteiger partial charge < -0.3 is 10.2 Å². The summed E-state index contributed by atoms with van der Waals surface area (Å²) in [6.07, 6.45) is 5.27. The third-order valence-electron chi connectivity index (χ3n) is 5.23. The fraction of sp³-hybridized carbons (Fsp3) is 0.688. The highest BCUT2D eigenvalue weighted by molar-refractivity contribution is 14.0. The van der Waals surface area contributed by atoms with Crippen LogP contribution in [0.4, 0.5) is 0 Å². The Balaban J connectivity index is 0.00000225. The molecule has 2 heterocycles. The summed E-state index contributed by atoms with van der Waals surface area (Å²) in [5.41, 5.74) is 0.525. The van der Waals surface area contributed by atoms with Gasteiger partial charge in [-0.25, -0.2) is 8.42 Å². The zero-order chi connectivity index (χ0) is 17.2. The van der Waals surface area contributed by atoms with Crippen molar-refractivity contribution in [2.75, 3.05) is 40.3 Å². The molecule has 1 spiro atoms. The van der Waals surface area contributed by atoms with Gasteiger partial charge in [0.2, 0.25) is 0 Å². The molecule has 1 N–H and O–H groups in total. The van der Waals surface area contributed by atoms with E-state index in [2.05, 4.69) is 15.2 Å². The second kappa shape index (κ2) is 8.53. The topological polar surface area (TPSA) is 65.0 Å². The van der Waals surface area contributed by atoms with Crippen molar-refractivity contribution >= 4 is 51.3 Å². The predicted octanol–water partition coefficient (Wildman–Crippen LogP) is 2.44. The highest BCUT2D eigenvalue weighted by Gasteiger charge is 2.43. The molecular weight excluding hydrogens is 471 g/mol. The number of nitrogens with one attached hydrogen (secondary N) is 1. The minimum absolute atomic E-state index is 0. The zero-order valence-electron chi connectivity index (χ0n) is 14.8. The number of guanidine groups is 1. The standard InChI is InChI=1S/C16H26N4O2S2.HI/c1-17-15(20-10-8-16(13-20)6-4-7-16)18-9-11-19(2)24(21,22)14-5-3-12-23-14;/h3,5,12H,4,6-11,13H2,1-2H3,(H,17,18);1H. The molecule has 1 aromatic heterocycles. The lowest BCUT2D eigenvalue weighted by molar-refractivity contribution is 0.151. The average Bonchev–Trinajstić information content (AvgIpc) is 3.20. The third kappa shape index (κ3) is 4.48. The molecule has 0 atom stereocenters. The summed E-state index contributed by atoms with van der Waals surface area (Å²) in [6, 6.07) is 3.40. The van der Waals surface area contributed by atoms with Crippen LogP contribution in [0.1, 0.15) is 25.7 Å². The van der Waals surface area contributed by atoms with E-state index >= 15 is 0 Å². The van der Waals surface area contributed by atoms with Crippen molar-refractivity contribution in [3.8, 4) is 0 Å². The number of likely N-dealkylation sites (N-methyl/N-ethyl adjacent to an activating group) is 1. The smallest absolute Gasteiger partial charge is 0.252 e. The Morgan fingerprint density at radius 2 is 2.20 bits per heavy atom. The van der Waals surface area contributed by atoms with Gasteiger partial charge in [-0.3, -0.25) is 4.99 Å². The summed E-state index contributed by atoms with van der Waals surface area (Å²) in [6.45, 7) is 3.09. The molecule has 0 aromatic carbocycles. The molecule has 1 saturated heterocycles. The van der Waals surface area contributed by atoms with Gasteiger partial charge in [-0.15, -0.1) is 35.3 Å². The molecule has 9 heteroatoms. The number of hydrogen-bond donors (Lipinski definition) is 1. The maximum atomic E-state index is 12.4. The molecule has 3 rings (SSSR count). The third-order valence-corrected chi connectivity index (χ3v) is 8.46. The van der Waals surface area contributed by atoms with Crippen molar-refractivity contribution in [2.45, 2.75) is 29.9 Å². The Bertz CT molecular complexity index is 687. The van der Waals surface area contributed by atoms with E-state index in [0.29, 0.717) is 22.7 Å². The average molecular weight is 498 g/mol. The van der Waals surface area contributed by atoms with Crippen molar-refractivity contribution in [1.29, 1.82) is 0 Å². The van der Waals surface area contributed by atoms with Gasteiger partial charge in [0.15, 0.2) is 5.96 Å². The molecule has 1 aromatic rings. The van der Waals surface area contributed by atoms with E-state index in [9.17, 15) is 8.42 Å². The molecule has 25 heavy (non-hydrogen) atoms. The monoisotopic (exact) mass is 498 g/mol. The zero-order valence-corrected chi connectivity index (χ0v) is 18.7. The fourth-order valence-corrected chi connectivity index (χ4v) is 5.91. The molecule has 1 aliphatic carbocycles. The van der Waals surface area contributed by atoms with Crippen LogP contribution in [0.5, 0.6) is 0 Å². The van der Waals surface area contributed by atoms with Gasteiger partial charge >= 0.3 is 0 Å². The van der Waals surface area contributed by atoms with E-state index in [4.69, 9.17) is 0 Å². The van der Waals surface area contributed by atoms with E-state index in [0.717, 1.165) is 19.0 Å². The van der Waals surface area contributed by atoms with Gasteiger partial charge in [-0.1, -0.05) is 12.5 Å². The van der Waals surface area contributed by atoms with Crippen LogP contribution in [-0.4, -0.2) is 63.9 Å². The summed E-state index contributed by atoms with van der Waals surface area (Å²) in [5, 5.41) is 5.10. The van der Waals surface area contributed by atoms with Crippen LogP contribution in [0.3, 0.4) is 0 Å². The van der Waals surface area contributed by atoms with Gasteiger partial charge in [0.05, 0.1) is 0 Å². The van der Waals surface area contributed by atoms with Crippen LogP contribution in [0.25, 0.3) is 0 Å². The number of rotatable bonds is 5. The van der Waals surface area contributed by atoms with Crippen LogP contribution < -0.4 is 5.32 Å². The van der Waals surface area contributed by atoms with E-state index < -0.39 is 10.0 Å². The van der Waals surface area contributed by atoms with Crippen molar-refractivity contribution in [3.63, 3.8) is 0 Å². The lowest BCUT2D eigenvalue weighted by atomic mass is 9.68. The SMILES string of the molecule is CN=C(NCCN(C)S(=O)(=O)c1cccs1)N1CCC2(CCC2)C1.I. The molecule has 0 radical (unpaired) electrons. The first-order valence-corrected chi connectivity index (χ1v) is 10.7. The molecule has 0 amide bonds. The minimum Gasteiger partial charge on any atom is -0.355 e. The number of aliphatic imine (C=N–C) groups is 1. The normalized spacial score (nSPS) is 19.8. The first-order valence-electron chi connectivity index (χ1n) is 8.42. The molecule has 2 fully saturated rings. The first kappa shape index (κ1) is 20.9. The van der Waals surface area contributed by atoms with Crippen molar-refractivity contribution in [2.24, 2.45) is 10.4 Å². The molecule has 6 nitrogen and oxygen atoms in total. The lowest BCUT2D eigenvalue weighted by Gasteiger charge is -2.38. The van der Waals surface area contributed by atoms with Crippen molar-refractivity contribution in [3.05, 3.63) is 17.5 Å². The largest absolute Gasteiger partial charge is 0.355 e. The molecule has 0 unspecified atom stereocenters. The lowest BCUT2D eigenvalue weighted by Crippen LogP contribution is -2.45.